The minimum absolute atomic E-state index is 0.270. The van der Waals surface area contributed by atoms with E-state index in [2.05, 4.69) is 5.32 Å². The minimum Gasteiger partial charge on any atom is -0.490 e. The van der Waals surface area contributed by atoms with Gasteiger partial charge in [0, 0.05) is 16.6 Å². The van der Waals surface area contributed by atoms with Crippen LogP contribution in [-0.2, 0) is 4.79 Å². The highest BCUT2D eigenvalue weighted by Gasteiger charge is 2.18. The van der Waals surface area contributed by atoms with Crippen molar-refractivity contribution < 1.29 is 19.1 Å². The quantitative estimate of drug-likeness (QED) is 0.630. The average molecular weight is 363 g/mol. The van der Waals surface area contributed by atoms with Crippen LogP contribution in [0.4, 0.5) is 5.69 Å². The van der Waals surface area contributed by atoms with Crippen molar-refractivity contribution in [2.75, 3.05) is 11.9 Å². The SMILES string of the molecule is CCOc1cc(C=O)ccc1O[C@H](C)C(=O)Nc1cccc2ccccc12. The van der Waals surface area contributed by atoms with Crippen molar-refractivity contribution in [1.29, 1.82) is 0 Å². The summed E-state index contributed by atoms with van der Waals surface area (Å²) in [6.45, 7) is 3.94. The van der Waals surface area contributed by atoms with Gasteiger partial charge in [0.1, 0.15) is 6.29 Å². The van der Waals surface area contributed by atoms with Crippen molar-refractivity contribution in [3.05, 3.63) is 66.2 Å². The van der Waals surface area contributed by atoms with Crippen molar-refractivity contribution in [3.8, 4) is 11.5 Å². The van der Waals surface area contributed by atoms with Crippen molar-refractivity contribution >= 4 is 28.7 Å². The maximum Gasteiger partial charge on any atom is 0.265 e. The smallest absolute Gasteiger partial charge is 0.265 e. The van der Waals surface area contributed by atoms with Crippen LogP contribution < -0.4 is 14.8 Å². The molecule has 3 rings (SSSR count). The molecule has 0 radical (unpaired) electrons. The summed E-state index contributed by atoms with van der Waals surface area (Å²) in [5, 5.41) is 4.93. The third-order valence-corrected chi connectivity index (χ3v) is 4.12. The average Bonchev–Trinajstić information content (AvgIpc) is 2.69. The van der Waals surface area contributed by atoms with Gasteiger partial charge in [0.15, 0.2) is 17.6 Å². The molecule has 0 aliphatic heterocycles. The summed E-state index contributed by atoms with van der Waals surface area (Å²) in [5.74, 6) is 0.586. The molecule has 138 valence electrons. The van der Waals surface area contributed by atoms with Gasteiger partial charge in [-0.25, -0.2) is 0 Å². The first-order valence-electron chi connectivity index (χ1n) is 8.79. The van der Waals surface area contributed by atoms with Crippen LogP contribution in [0.15, 0.2) is 60.7 Å². The van der Waals surface area contributed by atoms with Crippen molar-refractivity contribution in [2.45, 2.75) is 20.0 Å². The Bertz CT molecular complexity index is 962. The molecule has 1 amide bonds. The predicted octanol–water partition coefficient (Wildman–Crippen LogP) is 4.46. The molecule has 0 saturated heterocycles. The van der Waals surface area contributed by atoms with E-state index in [1.807, 2.05) is 49.4 Å². The number of hydrogen-bond acceptors (Lipinski definition) is 4. The molecular formula is C22H21NO4. The number of carbonyl (C=O) groups is 2. The van der Waals surface area contributed by atoms with E-state index in [9.17, 15) is 9.59 Å². The van der Waals surface area contributed by atoms with Gasteiger partial charge in [-0.3, -0.25) is 9.59 Å². The second-order valence-corrected chi connectivity index (χ2v) is 6.03. The Labute approximate surface area is 157 Å². The first-order valence-corrected chi connectivity index (χ1v) is 8.79. The molecule has 27 heavy (non-hydrogen) atoms. The van der Waals surface area contributed by atoms with Gasteiger partial charge in [0.25, 0.3) is 5.91 Å². The molecule has 3 aromatic carbocycles. The summed E-state index contributed by atoms with van der Waals surface area (Å²) in [6, 6.07) is 18.5. The zero-order valence-corrected chi connectivity index (χ0v) is 15.3. The molecule has 0 fully saturated rings. The fourth-order valence-electron chi connectivity index (χ4n) is 2.78. The minimum atomic E-state index is -0.745. The zero-order chi connectivity index (χ0) is 19.2. The Balaban J connectivity index is 1.77. The Hall–Kier alpha value is -3.34. The van der Waals surface area contributed by atoms with Crippen LogP contribution in [0.1, 0.15) is 24.2 Å². The highest BCUT2D eigenvalue weighted by atomic mass is 16.5. The van der Waals surface area contributed by atoms with Gasteiger partial charge in [-0.05, 0) is 43.5 Å². The van der Waals surface area contributed by atoms with Crippen LogP contribution in [-0.4, -0.2) is 24.9 Å². The lowest BCUT2D eigenvalue weighted by molar-refractivity contribution is -0.122. The number of anilines is 1. The maximum atomic E-state index is 12.6. The summed E-state index contributed by atoms with van der Waals surface area (Å²) in [6.07, 6.45) is -0.00610. The molecule has 0 saturated carbocycles. The number of nitrogens with one attached hydrogen (secondary N) is 1. The van der Waals surface area contributed by atoms with Crippen molar-refractivity contribution in [3.63, 3.8) is 0 Å². The number of carbonyl (C=O) groups excluding carboxylic acids is 2. The van der Waals surface area contributed by atoms with E-state index in [1.165, 1.54) is 0 Å². The molecule has 0 aliphatic carbocycles. The molecule has 0 heterocycles. The number of aldehydes is 1. The van der Waals surface area contributed by atoms with E-state index in [0.717, 1.165) is 22.7 Å². The van der Waals surface area contributed by atoms with Crippen LogP contribution in [0.3, 0.4) is 0 Å². The Morgan fingerprint density at radius 3 is 2.63 bits per heavy atom. The number of benzene rings is 3. The summed E-state index contributed by atoms with van der Waals surface area (Å²) in [7, 11) is 0. The standard InChI is InChI=1S/C22H21NO4/c1-3-26-21-13-16(14-24)11-12-20(21)27-15(2)22(25)23-19-10-6-8-17-7-4-5-9-18(17)19/h4-15H,3H2,1-2H3,(H,23,25)/t15-/m1/s1. The molecule has 0 unspecified atom stereocenters. The van der Waals surface area contributed by atoms with Gasteiger partial charge < -0.3 is 14.8 Å². The molecule has 0 bridgehead atoms. The number of hydrogen-bond donors (Lipinski definition) is 1. The van der Waals surface area contributed by atoms with Gasteiger partial charge in [-0.15, -0.1) is 0 Å². The number of ether oxygens (including phenoxy) is 2. The molecule has 0 spiro atoms. The van der Waals surface area contributed by atoms with E-state index in [1.54, 1.807) is 25.1 Å². The molecular weight excluding hydrogens is 342 g/mol. The summed E-state index contributed by atoms with van der Waals surface area (Å²) in [5.41, 5.74) is 1.22. The van der Waals surface area contributed by atoms with Crippen LogP contribution in [0, 0.1) is 0 Å². The van der Waals surface area contributed by atoms with Gasteiger partial charge >= 0.3 is 0 Å². The number of rotatable bonds is 7. The Morgan fingerprint density at radius 1 is 1.07 bits per heavy atom. The number of fused-ring (bicyclic) bond motifs is 1. The molecule has 5 nitrogen and oxygen atoms in total. The van der Waals surface area contributed by atoms with Gasteiger partial charge in [0.05, 0.1) is 6.61 Å². The molecule has 0 aliphatic rings. The second kappa shape index (κ2) is 8.36. The molecule has 5 heteroatoms. The fraction of sp³-hybridized carbons (Fsp3) is 0.182. The van der Waals surface area contributed by atoms with Crippen molar-refractivity contribution in [2.24, 2.45) is 0 Å². The topological polar surface area (TPSA) is 64.6 Å². The molecule has 1 N–H and O–H groups in total. The first kappa shape index (κ1) is 18.5. The van der Waals surface area contributed by atoms with Gasteiger partial charge in [-0.1, -0.05) is 36.4 Å². The lowest BCUT2D eigenvalue weighted by atomic mass is 10.1. The zero-order valence-electron chi connectivity index (χ0n) is 15.3. The summed E-state index contributed by atoms with van der Waals surface area (Å²) < 4.78 is 11.3. The largest absolute Gasteiger partial charge is 0.490 e. The number of amides is 1. The van der Waals surface area contributed by atoms with Crippen LogP contribution >= 0.6 is 0 Å². The third-order valence-electron chi connectivity index (χ3n) is 4.12. The lowest BCUT2D eigenvalue weighted by Crippen LogP contribution is -2.30. The maximum absolute atomic E-state index is 12.6. The summed E-state index contributed by atoms with van der Waals surface area (Å²) in [4.78, 5) is 23.6. The van der Waals surface area contributed by atoms with Crippen LogP contribution in [0.25, 0.3) is 10.8 Å². The fourth-order valence-corrected chi connectivity index (χ4v) is 2.78. The summed E-state index contributed by atoms with van der Waals surface area (Å²) >= 11 is 0. The Kier molecular flexibility index (Phi) is 5.71. The monoisotopic (exact) mass is 363 g/mol. The predicted molar refractivity (Wildman–Crippen MR) is 106 cm³/mol. The normalized spacial score (nSPS) is 11.6. The van der Waals surface area contributed by atoms with E-state index in [4.69, 9.17) is 9.47 Å². The van der Waals surface area contributed by atoms with Gasteiger partial charge in [0.2, 0.25) is 0 Å². The van der Waals surface area contributed by atoms with Crippen molar-refractivity contribution in [1.82, 2.24) is 0 Å². The highest BCUT2D eigenvalue weighted by molar-refractivity contribution is 6.03. The van der Waals surface area contributed by atoms with E-state index < -0.39 is 6.10 Å². The molecule has 3 aromatic rings. The highest BCUT2D eigenvalue weighted by Crippen LogP contribution is 2.29. The van der Waals surface area contributed by atoms with Crippen LogP contribution in [0.2, 0.25) is 0 Å². The van der Waals surface area contributed by atoms with E-state index in [0.29, 0.717) is 23.7 Å². The molecule has 1 atom stereocenters. The lowest BCUT2D eigenvalue weighted by Gasteiger charge is -2.18. The third kappa shape index (κ3) is 4.26. The van der Waals surface area contributed by atoms with Gasteiger partial charge in [-0.2, -0.15) is 0 Å². The van der Waals surface area contributed by atoms with E-state index >= 15 is 0 Å². The second-order valence-electron chi connectivity index (χ2n) is 6.03. The van der Waals surface area contributed by atoms with E-state index in [-0.39, 0.29) is 5.91 Å². The molecule has 0 aromatic heterocycles. The Morgan fingerprint density at radius 2 is 1.85 bits per heavy atom. The first-order chi connectivity index (χ1) is 13.1. The van der Waals surface area contributed by atoms with Crippen LogP contribution in [0.5, 0.6) is 11.5 Å².